The second-order valence-corrected chi connectivity index (χ2v) is 6.54. The van der Waals surface area contributed by atoms with Crippen LogP contribution >= 0.6 is 0 Å². The molecule has 6 nitrogen and oxygen atoms in total. The van der Waals surface area contributed by atoms with E-state index in [0.717, 1.165) is 30.0 Å². The molecule has 0 saturated carbocycles. The predicted octanol–water partition coefficient (Wildman–Crippen LogP) is 4.54. The molecule has 2 aromatic heterocycles. The maximum Gasteiger partial charge on any atom is 0.229 e. The number of benzene rings is 2. The summed E-state index contributed by atoms with van der Waals surface area (Å²) in [4.78, 5) is 12.3. The predicted molar refractivity (Wildman–Crippen MR) is 112 cm³/mol. The third-order valence-corrected chi connectivity index (χ3v) is 4.52. The summed E-state index contributed by atoms with van der Waals surface area (Å²) >= 11 is 0. The Morgan fingerprint density at radius 2 is 1.89 bits per heavy atom. The number of para-hydroxylation sites is 2. The second kappa shape index (κ2) is 7.80. The van der Waals surface area contributed by atoms with Crippen LogP contribution in [-0.2, 0) is 6.42 Å². The first-order valence-electron chi connectivity index (χ1n) is 9.13. The zero-order chi connectivity index (χ0) is 19.3. The van der Waals surface area contributed by atoms with Gasteiger partial charge in [0.25, 0.3) is 0 Å². The summed E-state index contributed by atoms with van der Waals surface area (Å²) in [6.45, 7) is 2.68. The van der Waals surface area contributed by atoms with E-state index in [0.29, 0.717) is 17.2 Å². The number of H-pyrrole nitrogens is 1. The van der Waals surface area contributed by atoms with Crippen LogP contribution in [0.3, 0.4) is 0 Å². The Labute approximate surface area is 163 Å². The zero-order valence-electron chi connectivity index (χ0n) is 15.5. The van der Waals surface area contributed by atoms with Crippen LogP contribution in [0.25, 0.3) is 10.9 Å². The van der Waals surface area contributed by atoms with E-state index in [1.165, 1.54) is 10.9 Å². The Kier molecular flexibility index (Phi) is 4.89. The molecule has 0 aliphatic rings. The monoisotopic (exact) mass is 368 g/mol. The minimum absolute atomic E-state index is 0.470. The van der Waals surface area contributed by atoms with Crippen molar-refractivity contribution in [1.29, 1.82) is 5.26 Å². The number of nitriles is 1. The summed E-state index contributed by atoms with van der Waals surface area (Å²) < 4.78 is 0. The van der Waals surface area contributed by atoms with Gasteiger partial charge in [0.05, 0.1) is 11.3 Å². The fraction of sp³-hybridized carbons (Fsp3) is 0.136. The fourth-order valence-electron chi connectivity index (χ4n) is 3.19. The molecule has 0 aliphatic heterocycles. The van der Waals surface area contributed by atoms with E-state index in [9.17, 15) is 5.26 Å². The fourth-order valence-corrected chi connectivity index (χ4v) is 3.19. The SMILES string of the molecule is Cc1cc(NCCc2c[nH]c3ccccc23)nc(Nc2ccccc2C#N)n1. The topological polar surface area (TPSA) is 89.4 Å². The molecule has 138 valence electrons. The van der Waals surface area contributed by atoms with E-state index >= 15 is 0 Å². The van der Waals surface area contributed by atoms with Gasteiger partial charge in [-0.25, -0.2) is 4.98 Å². The van der Waals surface area contributed by atoms with Gasteiger partial charge in [-0.2, -0.15) is 10.2 Å². The Hall–Kier alpha value is -3.85. The lowest BCUT2D eigenvalue weighted by atomic mass is 10.1. The highest BCUT2D eigenvalue weighted by Gasteiger charge is 2.07. The molecule has 3 N–H and O–H groups in total. The van der Waals surface area contributed by atoms with Crippen molar-refractivity contribution in [3.8, 4) is 6.07 Å². The summed E-state index contributed by atoms with van der Waals surface area (Å²) in [5, 5.41) is 17.0. The van der Waals surface area contributed by atoms with Crippen LogP contribution < -0.4 is 10.6 Å². The minimum Gasteiger partial charge on any atom is -0.370 e. The number of fused-ring (bicyclic) bond motifs is 1. The van der Waals surface area contributed by atoms with Crippen molar-refractivity contribution in [2.45, 2.75) is 13.3 Å². The third-order valence-electron chi connectivity index (χ3n) is 4.52. The van der Waals surface area contributed by atoms with Crippen molar-refractivity contribution < 1.29 is 0 Å². The number of hydrogen-bond acceptors (Lipinski definition) is 5. The maximum absolute atomic E-state index is 9.24. The van der Waals surface area contributed by atoms with Crippen molar-refractivity contribution in [2.75, 3.05) is 17.2 Å². The van der Waals surface area contributed by atoms with Crippen LogP contribution in [0.5, 0.6) is 0 Å². The number of aryl methyl sites for hydroxylation is 1. The number of hydrogen-bond donors (Lipinski definition) is 3. The standard InChI is InChI=1S/C22H20N6/c1-15-12-21(24-11-10-17-14-25-20-9-5-3-7-18(17)20)28-22(26-15)27-19-8-4-2-6-16(19)13-23/h2-9,12,14,25H,10-11H2,1H3,(H2,24,26,27,28). The Morgan fingerprint density at radius 3 is 2.79 bits per heavy atom. The van der Waals surface area contributed by atoms with E-state index in [4.69, 9.17) is 0 Å². The lowest BCUT2D eigenvalue weighted by molar-refractivity contribution is 1.00. The first-order chi connectivity index (χ1) is 13.7. The Balaban J connectivity index is 1.46. The Bertz CT molecular complexity index is 1160. The summed E-state index contributed by atoms with van der Waals surface area (Å²) in [5.41, 5.74) is 4.52. The molecule has 2 aromatic carbocycles. The van der Waals surface area contributed by atoms with Gasteiger partial charge in [-0.15, -0.1) is 0 Å². The smallest absolute Gasteiger partial charge is 0.229 e. The molecule has 0 bridgehead atoms. The molecule has 0 saturated heterocycles. The molecular formula is C22H20N6. The van der Waals surface area contributed by atoms with Gasteiger partial charge >= 0.3 is 0 Å². The first-order valence-corrected chi connectivity index (χ1v) is 9.13. The van der Waals surface area contributed by atoms with Crippen molar-refractivity contribution in [2.24, 2.45) is 0 Å². The molecule has 0 fully saturated rings. The molecule has 0 radical (unpaired) electrons. The molecular weight excluding hydrogens is 348 g/mol. The van der Waals surface area contributed by atoms with Gasteiger partial charge < -0.3 is 15.6 Å². The average Bonchev–Trinajstić information content (AvgIpc) is 3.11. The molecule has 6 heteroatoms. The van der Waals surface area contributed by atoms with Crippen molar-refractivity contribution in [3.63, 3.8) is 0 Å². The molecule has 0 spiro atoms. The number of rotatable bonds is 6. The van der Waals surface area contributed by atoms with Crippen LogP contribution in [0.15, 0.2) is 60.8 Å². The number of nitrogens with one attached hydrogen (secondary N) is 3. The van der Waals surface area contributed by atoms with Gasteiger partial charge in [-0.05, 0) is 37.1 Å². The molecule has 0 unspecified atom stereocenters. The van der Waals surface area contributed by atoms with Gasteiger partial charge in [-0.3, -0.25) is 0 Å². The summed E-state index contributed by atoms with van der Waals surface area (Å²) in [7, 11) is 0. The highest BCUT2D eigenvalue weighted by atomic mass is 15.1. The number of anilines is 3. The van der Waals surface area contributed by atoms with E-state index < -0.39 is 0 Å². The van der Waals surface area contributed by atoms with Crippen molar-refractivity contribution in [3.05, 3.63) is 77.6 Å². The van der Waals surface area contributed by atoms with Crippen LogP contribution in [0.1, 0.15) is 16.8 Å². The molecule has 2 heterocycles. The quantitative estimate of drug-likeness (QED) is 0.465. The van der Waals surface area contributed by atoms with Gasteiger partial charge in [0.1, 0.15) is 11.9 Å². The summed E-state index contributed by atoms with van der Waals surface area (Å²) in [5.74, 6) is 1.22. The highest BCUT2D eigenvalue weighted by Crippen LogP contribution is 2.20. The van der Waals surface area contributed by atoms with E-state index in [2.05, 4.69) is 56.1 Å². The van der Waals surface area contributed by atoms with E-state index in [-0.39, 0.29) is 0 Å². The minimum atomic E-state index is 0.470. The molecule has 4 aromatic rings. The number of aromatic nitrogens is 3. The second-order valence-electron chi connectivity index (χ2n) is 6.54. The summed E-state index contributed by atoms with van der Waals surface area (Å²) in [6.07, 6.45) is 2.94. The van der Waals surface area contributed by atoms with E-state index in [1.807, 2.05) is 37.3 Å². The van der Waals surface area contributed by atoms with Crippen LogP contribution in [0, 0.1) is 18.3 Å². The maximum atomic E-state index is 9.24. The van der Waals surface area contributed by atoms with Gasteiger partial charge in [0, 0.05) is 35.4 Å². The van der Waals surface area contributed by atoms with Crippen molar-refractivity contribution >= 4 is 28.4 Å². The van der Waals surface area contributed by atoms with Gasteiger partial charge in [0.2, 0.25) is 5.95 Å². The molecule has 0 aliphatic carbocycles. The lowest BCUT2D eigenvalue weighted by Crippen LogP contribution is -2.09. The van der Waals surface area contributed by atoms with Crippen LogP contribution in [-0.4, -0.2) is 21.5 Å². The van der Waals surface area contributed by atoms with Crippen LogP contribution in [0.2, 0.25) is 0 Å². The third kappa shape index (κ3) is 3.79. The molecule has 28 heavy (non-hydrogen) atoms. The zero-order valence-corrected chi connectivity index (χ0v) is 15.5. The molecule has 0 amide bonds. The number of nitrogens with zero attached hydrogens (tertiary/aromatic N) is 3. The van der Waals surface area contributed by atoms with Crippen molar-refractivity contribution in [1.82, 2.24) is 15.0 Å². The molecule has 4 rings (SSSR count). The summed E-state index contributed by atoms with van der Waals surface area (Å²) in [6, 6.07) is 19.7. The lowest BCUT2D eigenvalue weighted by Gasteiger charge is -2.10. The number of aromatic amines is 1. The van der Waals surface area contributed by atoms with Gasteiger partial charge in [-0.1, -0.05) is 30.3 Å². The Morgan fingerprint density at radius 1 is 1.07 bits per heavy atom. The highest BCUT2D eigenvalue weighted by molar-refractivity contribution is 5.83. The van der Waals surface area contributed by atoms with Crippen LogP contribution in [0.4, 0.5) is 17.5 Å². The molecule has 0 atom stereocenters. The van der Waals surface area contributed by atoms with Gasteiger partial charge in [0.15, 0.2) is 0 Å². The van der Waals surface area contributed by atoms with E-state index in [1.54, 1.807) is 6.07 Å². The normalized spacial score (nSPS) is 10.6. The largest absolute Gasteiger partial charge is 0.370 e. The average molecular weight is 368 g/mol. The first kappa shape index (κ1) is 17.6.